The number of carboxylic acids is 1. The molecule has 1 aromatic rings. The zero-order chi connectivity index (χ0) is 17.2. The number of carbonyl (C=O) groups excluding carboxylic acids is 1. The molecule has 1 amide bonds. The standard InChI is InChI=1S/C14H17ClN2O5S/c1-9(14(19)20)16-13(18)10-4-5-11(15)12(8-10)23(21,22)17-6-2-3-7-17/h4-5,8-9H,2-3,6-7H2,1H3,(H,16,18)(H,19,20). The fraction of sp³-hybridized carbons (Fsp3) is 0.429. The van der Waals surface area contributed by atoms with E-state index in [1.165, 1.54) is 29.4 Å². The molecular formula is C14H17ClN2O5S. The van der Waals surface area contributed by atoms with Crippen molar-refractivity contribution in [1.82, 2.24) is 9.62 Å². The van der Waals surface area contributed by atoms with Gasteiger partial charge in [-0.25, -0.2) is 8.42 Å². The first kappa shape index (κ1) is 17.7. The van der Waals surface area contributed by atoms with Gasteiger partial charge < -0.3 is 10.4 Å². The third-order valence-corrected chi connectivity index (χ3v) is 5.97. The van der Waals surface area contributed by atoms with E-state index in [-0.39, 0.29) is 15.5 Å². The van der Waals surface area contributed by atoms with Gasteiger partial charge in [0.1, 0.15) is 10.9 Å². The minimum atomic E-state index is -3.77. The van der Waals surface area contributed by atoms with Gasteiger partial charge in [0.15, 0.2) is 0 Å². The second kappa shape index (κ2) is 6.86. The van der Waals surface area contributed by atoms with Crippen molar-refractivity contribution in [2.24, 2.45) is 0 Å². The number of aliphatic carboxylic acids is 1. The molecular weight excluding hydrogens is 344 g/mol. The van der Waals surface area contributed by atoms with E-state index < -0.39 is 27.9 Å². The number of nitrogens with one attached hydrogen (secondary N) is 1. The number of rotatable bonds is 5. The molecule has 1 fully saturated rings. The molecule has 2 rings (SSSR count). The molecule has 1 aliphatic heterocycles. The summed E-state index contributed by atoms with van der Waals surface area (Å²) in [7, 11) is -3.77. The molecule has 1 aliphatic rings. The van der Waals surface area contributed by atoms with E-state index in [4.69, 9.17) is 16.7 Å². The molecule has 0 aromatic heterocycles. The fourth-order valence-electron chi connectivity index (χ4n) is 2.25. The maximum atomic E-state index is 12.6. The second-order valence-electron chi connectivity index (χ2n) is 5.29. The van der Waals surface area contributed by atoms with E-state index in [9.17, 15) is 18.0 Å². The molecule has 9 heteroatoms. The van der Waals surface area contributed by atoms with Gasteiger partial charge in [-0.3, -0.25) is 9.59 Å². The highest BCUT2D eigenvalue weighted by atomic mass is 35.5. The maximum Gasteiger partial charge on any atom is 0.325 e. The topological polar surface area (TPSA) is 104 Å². The predicted octanol–water partition coefficient (Wildman–Crippen LogP) is 1.33. The van der Waals surface area contributed by atoms with Crippen LogP contribution in [0.3, 0.4) is 0 Å². The van der Waals surface area contributed by atoms with Gasteiger partial charge in [-0.15, -0.1) is 0 Å². The van der Waals surface area contributed by atoms with Crippen LogP contribution in [-0.2, 0) is 14.8 Å². The number of sulfonamides is 1. The van der Waals surface area contributed by atoms with Crippen molar-refractivity contribution < 1.29 is 23.1 Å². The number of benzene rings is 1. The first-order valence-electron chi connectivity index (χ1n) is 7.07. The fourth-order valence-corrected chi connectivity index (χ4v) is 4.27. The molecule has 1 unspecified atom stereocenters. The number of nitrogens with zero attached hydrogens (tertiary/aromatic N) is 1. The van der Waals surface area contributed by atoms with E-state index in [1.807, 2.05) is 0 Å². The Balaban J connectivity index is 2.32. The molecule has 1 aromatic carbocycles. The first-order chi connectivity index (χ1) is 10.7. The van der Waals surface area contributed by atoms with Crippen molar-refractivity contribution in [2.45, 2.75) is 30.7 Å². The van der Waals surface area contributed by atoms with Crippen LogP contribution < -0.4 is 5.32 Å². The third kappa shape index (κ3) is 3.82. The molecule has 0 saturated carbocycles. The summed E-state index contributed by atoms with van der Waals surface area (Å²) in [6.07, 6.45) is 1.57. The zero-order valence-electron chi connectivity index (χ0n) is 12.5. The summed E-state index contributed by atoms with van der Waals surface area (Å²) >= 11 is 5.99. The van der Waals surface area contributed by atoms with E-state index >= 15 is 0 Å². The summed E-state index contributed by atoms with van der Waals surface area (Å²) in [5.74, 6) is -1.85. The molecule has 0 radical (unpaired) electrons. The summed E-state index contributed by atoms with van der Waals surface area (Å²) in [5, 5.41) is 11.1. The monoisotopic (exact) mass is 360 g/mol. The number of halogens is 1. The van der Waals surface area contributed by atoms with Gasteiger partial charge in [-0.1, -0.05) is 11.6 Å². The van der Waals surface area contributed by atoms with Gasteiger partial charge >= 0.3 is 5.97 Å². The Kier molecular flexibility index (Phi) is 5.28. The summed E-state index contributed by atoms with van der Waals surface area (Å²) in [6.45, 7) is 2.16. The molecule has 0 aliphatic carbocycles. The Morgan fingerprint density at radius 2 is 1.91 bits per heavy atom. The quantitative estimate of drug-likeness (QED) is 0.824. The Morgan fingerprint density at radius 1 is 1.30 bits per heavy atom. The number of hydrogen-bond acceptors (Lipinski definition) is 4. The smallest absolute Gasteiger partial charge is 0.325 e. The van der Waals surface area contributed by atoms with Crippen LogP contribution in [0.5, 0.6) is 0 Å². The summed E-state index contributed by atoms with van der Waals surface area (Å²) in [5.41, 5.74) is 0.0419. The molecule has 1 atom stereocenters. The minimum absolute atomic E-state index is 0.0275. The number of amides is 1. The Hall–Kier alpha value is -1.64. The second-order valence-corrected chi connectivity index (χ2v) is 7.60. The SMILES string of the molecule is CC(NC(=O)c1ccc(Cl)c(S(=O)(=O)N2CCCC2)c1)C(=O)O. The molecule has 23 heavy (non-hydrogen) atoms. The lowest BCUT2D eigenvalue weighted by Crippen LogP contribution is -2.38. The van der Waals surface area contributed by atoms with E-state index in [1.54, 1.807) is 0 Å². The highest BCUT2D eigenvalue weighted by Gasteiger charge is 2.30. The number of hydrogen-bond donors (Lipinski definition) is 2. The van der Waals surface area contributed by atoms with Crippen LogP contribution in [0.25, 0.3) is 0 Å². The van der Waals surface area contributed by atoms with Crippen LogP contribution in [0, 0.1) is 0 Å². The van der Waals surface area contributed by atoms with Gasteiger partial charge in [0.2, 0.25) is 10.0 Å². The average Bonchev–Trinajstić information content (AvgIpc) is 3.02. The Bertz CT molecular complexity index is 729. The molecule has 0 spiro atoms. The first-order valence-corrected chi connectivity index (χ1v) is 8.88. The number of carboxylic acid groups (broad SMARTS) is 1. The van der Waals surface area contributed by atoms with Crippen molar-refractivity contribution in [3.8, 4) is 0 Å². The largest absolute Gasteiger partial charge is 0.480 e. The lowest BCUT2D eigenvalue weighted by atomic mass is 10.2. The van der Waals surface area contributed by atoms with Gasteiger partial charge in [0.25, 0.3) is 5.91 Å². The van der Waals surface area contributed by atoms with Crippen molar-refractivity contribution in [2.75, 3.05) is 13.1 Å². The third-order valence-electron chi connectivity index (χ3n) is 3.59. The lowest BCUT2D eigenvalue weighted by molar-refractivity contribution is -0.138. The minimum Gasteiger partial charge on any atom is -0.480 e. The highest BCUT2D eigenvalue weighted by molar-refractivity contribution is 7.89. The lowest BCUT2D eigenvalue weighted by Gasteiger charge is -2.17. The highest BCUT2D eigenvalue weighted by Crippen LogP contribution is 2.28. The Morgan fingerprint density at radius 3 is 2.48 bits per heavy atom. The average molecular weight is 361 g/mol. The Labute approximate surface area is 139 Å². The molecule has 0 bridgehead atoms. The molecule has 126 valence electrons. The van der Waals surface area contributed by atoms with Crippen LogP contribution in [0.1, 0.15) is 30.1 Å². The molecule has 2 N–H and O–H groups in total. The van der Waals surface area contributed by atoms with E-state index in [2.05, 4.69) is 5.32 Å². The van der Waals surface area contributed by atoms with Crippen LogP contribution in [0.4, 0.5) is 0 Å². The normalized spacial score (nSPS) is 17.0. The van der Waals surface area contributed by atoms with Crippen LogP contribution in [0.2, 0.25) is 5.02 Å². The van der Waals surface area contributed by atoms with Gasteiger partial charge in [-0.05, 0) is 38.0 Å². The predicted molar refractivity (Wildman–Crippen MR) is 84.0 cm³/mol. The van der Waals surface area contributed by atoms with Crippen LogP contribution >= 0.6 is 11.6 Å². The summed E-state index contributed by atoms with van der Waals surface area (Å²) < 4.78 is 26.5. The van der Waals surface area contributed by atoms with Gasteiger partial charge in [0.05, 0.1) is 5.02 Å². The van der Waals surface area contributed by atoms with Gasteiger partial charge in [0, 0.05) is 18.7 Å². The van der Waals surface area contributed by atoms with Gasteiger partial charge in [-0.2, -0.15) is 4.31 Å². The summed E-state index contributed by atoms with van der Waals surface area (Å²) in [6, 6.07) is 2.77. The maximum absolute atomic E-state index is 12.6. The van der Waals surface area contributed by atoms with Crippen LogP contribution in [-0.4, -0.2) is 48.8 Å². The zero-order valence-corrected chi connectivity index (χ0v) is 14.0. The number of carbonyl (C=O) groups is 2. The van der Waals surface area contributed by atoms with Crippen molar-refractivity contribution in [3.05, 3.63) is 28.8 Å². The van der Waals surface area contributed by atoms with E-state index in [0.717, 1.165) is 12.8 Å². The molecule has 7 nitrogen and oxygen atoms in total. The van der Waals surface area contributed by atoms with E-state index in [0.29, 0.717) is 13.1 Å². The van der Waals surface area contributed by atoms with Crippen LogP contribution in [0.15, 0.2) is 23.1 Å². The van der Waals surface area contributed by atoms with Crippen molar-refractivity contribution in [3.63, 3.8) is 0 Å². The van der Waals surface area contributed by atoms with Crippen molar-refractivity contribution >= 4 is 33.5 Å². The molecule has 1 saturated heterocycles. The molecule has 1 heterocycles. The summed E-state index contributed by atoms with van der Waals surface area (Å²) in [4.78, 5) is 22.7. The van der Waals surface area contributed by atoms with Crippen molar-refractivity contribution in [1.29, 1.82) is 0 Å².